The highest BCUT2D eigenvalue weighted by Gasteiger charge is 2.38. The third-order valence-corrected chi connectivity index (χ3v) is 6.30. The Bertz CT molecular complexity index is 962. The van der Waals surface area contributed by atoms with E-state index in [0.29, 0.717) is 36.8 Å². The molecule has 5 nitrogen and oxygen atoms in total. The van der Waals surface area contributed by atoms with Crippen molar-refractivity contribution in [3.05, 3.63) is 46.7 Å². The Morgan fingerprint density at radius 3 is 1.94 bits per heavy atom. The minimum Gasteiger partial charge on any atom is -0.425 e. The molecule has 2 aromatic rings. The zero-order valence-corrected chi connectivity index (χ0v) is 17.7. The molecule has 1 aliphatic carbocycles. The molecule has 2 heterocycles. The zero-order valence-electron chi connectivity index (χ0n) is 17.7. The molecule has 1 saturated carbocycles. The highest BCUT2D eigenvalue weighted by molar-refractivity contribution is 5.94. The smallest absolute Gasteiger partial charge is 0.416 e. The number of aromatic nitrogens is 2. The number of halogens is 6. The average Bonchev–Trinajstić information content (AvgIpc) is 3.28. The lowest BCUT2D eigenvalue weighted by Gasteiger charge is -2.31. The van der Waals surface area contributed by atoms with E-state index in [1.165, 1.54) is 11.3 Å². The Kier molecular flexibility index (Phi) is 6.41. The summed E-state index contributed by atoms with van der Waals surface area (Å²) in [6.45, 7) is 0.305. The second-order valence-corrected chi connectivity index (χ2v) is 8.70. The van der Waals surface area contributed by atoms with Crippen LogP contribution in [-0.2, 0) is 12.4 Å². The Morgan fingerprint density at radius 2 is 1.36 bits per heavy atom. The van der Waals surface area contributed by atoms with Gasteiger partial charge in [0, 0.05) is 24.6 Å². The van der Waals surface area contributed by atoms with Gasteiger partial charge in [0.1, 0.15) is 0 Å². The van der Waals surface area contributed by atoms with Gasteiger partial charge < -0.3 is 9.32 Å². The van der Waals surface area contributed by atoms with Gasteiger partial charge in [-0.15, -0.1) is 10.2 Å². The summed E-state index contributed by atoms with van der Waals surface area (Å²) in [6, 6.07) is 0.950. The van der Waals surface area contributed by atoms with E-state index in [1.807, 2.05) is 0 Å². The molecule has 1 aromatic carbocycles. The van der Waals surface area contributed by atoms with Gasteiger partial charge in [-0.3, -0.25) is 4.79 Å². The van der Waals surface area contributed by atoms with Gasteiger partial charge in [-0.1, -0.05) is 19.3 Å². The Morgan fingerprint density at radius 1 is 0.818 bits per heavy atom. The molecule has 1 amide bonds. The van der Waals surface area contributed by atoms with E-state index in [-0.39, 0.29) is 31.0 Å². The zero-order chi connectivity index (χ0) is 23.8. The first-order chi connectivity index (χ1) is 15.5. The number of benzene rings is 1. The van der Waals surface area contributed by atoms with Crippen molar-refractivity contribution >= 4 is 5.91 Å². The molecule has 1 atom stereocenters. The van der Waals surface area contributed by atoms with E-state index < -0.39 is 35.0 Å². The minimum atomic E-state index is -5.01. The predicted molar refractivity (Wildman–Crippen MR) is 104 cm³/mol. The molecular formula is C22H23F6N3O2. The standard InChI is InChI=1S/C22H23F6N3O2/c23-21(24,25)16-9-15(10-17(11-16)22(26,27)28)20(32)31-8-4-7-14(12-31)19-30-29-18(33-19)13-5-2-1-3-6-13/h9-11,13-14H,1-8,12H2. The van der Waals surface area contributed by atoms with Gasteiger partial charge in [-0.25, -0.2) is 0 Å². The number of carbonyl (C=O) groups is 1. The number of hydrogen-bond donors (Lipinski definition) is 0. The molecule has 1 saturated heterocycles. The maximum absolute atomic E-state index is 13.2. The number of rotatable bonds is 3. The number of nitrogens with zero attached hydrogens (tertiary/aromatic N) is 3. The van der Waals surface area contributed by atoms with Gasteiger partial charge in [0.25, 0.3) is 5.91 Å². The van der Waals surface area contributed by atoms with E-state index in [1.54, 1.807) is 0 Å². The summed E-state index contributed by atoms with van der Waals surface area (Å²) < 4.78 is 84.8. The number of piperidine rings is 1. The Labute approximate surface area is 186 Å². The maximum atomic E-state index is 13.2. The summed E-state index contributed by atoms with van der Waals surface area (Å²) >= 11 is 0. The lowest BCUT2D eigenvalue weighted by atomic mass is 9.89. The Hall–Kier alpha value is -2.59. The molecule has 1 unspecified atom stereocenters. The van der Waals surface area contributed by atoms with Crippen molar-refractivity contribution in [2.24, 2.45) is 0 Å². The van der Waals surface area contributed by atoms with E-state index in [4.69, 9.17) is 4.42 Å². The minimum absolute atomic E-state index is 0.0149. The van der Waals surface area contributed by atoms with Crippen molar-refractivity contribution in [2.75, 3.05) is 13.1 Å². The first kappa shape index (κ1) is 23.6. The molecule has 11 heteroatoms. The van der Waals surface area contributed by atoms with Crippen LogP contribution in [0.2, 0.25) is 0 Å². The molecule has 4 rings (SSSR count). The summed E-state index contributed by atoms with van der Waals surface area (Å²) in [6.07, 6.45) is -3.60. The van der Waals surface area contributed by atoms with Crippen LogP contribution in [0, 0.1) is 0 Å². The number of likely N-dealkylation sites (tertiary alicyclic amines) is 1. The van der Waals surface area contributed by atoms with Gasteiger partial charge in [-0.05, 0) is 43.9 Å². The van der Waals surface area contributed by atoms with Crippen molar-refractivity contribution in [3.63, 3.8) is 0 Å². The largest absolute Gasteiger partial charge is 0.425 e. The fraction of sp³-hybridized carbons (Fsp3) is 0.591. The van der Waals surface area contributed by atoms with E-state index in [0.717, 1.165) is 25.7 Å². The molecule has 1 aromatic heterocycles. The highest BCUT2D eigenvalue weighted by atomic mass is 19.4. The molecule has 0 bridgehead atoms. The van der Waals surface area contributed by atoms with Crippen LogP contribution in [0.25, 0.3) is 0 Å². The van der Waals surface area contributed by atoms with Gasteiger partial charge >= 0.3 is 12.4 Å². The van der Waals surface area contributed by atoms with Crippen molar-refractivity contribution in [1.82, 2.24) is 15.1 Å². The summed E-state index contributed by atoms with van der Waals surface area (Å²) in [5, 5.41) is 8.27. The number of hydrogen-bond acceptors (Lipinski definition) is 4. The van der Waals surface area contributed by atoms with Gasteiger partial charge in [0.15, 0.2) is 0 Å². The van der Waals surface area contributed by atoms with Crippen molar-refractivity contribution in [2.45, 2.75) is 69.1 Å². The Balaban J connectivity index is 1.54. The molecule has 180 valence electrons. The second-order valence-electron chi connectivity index (χ2n) is 8.70. The lowest BCUT2D eigenvalue weighted by Crippen LogP contribution is -2.39. The summed E-state index contributed by atoms with van der Waals surface area (Å²) in [7, 11) is 0. The van der Waals surface area contributed by atoms with Crippen molar-refractivity contribution in [3.8, 4) is 0 Å². The van der Waals surface area contributed by atoms with E-state index in [9.17, 15) is 31.1 Å². The topological polar surface area (TPSA) is 59.2 Å². The fourth-order valence-electron chi connectivity index (χ4n) is 4.55. The molecule has 0 radical (unpaired) electrons. The lowest BCUT2D eigenvalue weighted by molar-refractivity contribution is -0.143. The molecule has 0 N–H and O–H groups in total. The summed E-state index contributed by atoms with van der Waals surface area (Å²) in [5.41, 5.74) is -3.67. The molecule has 2 aliphatic rings. The molecule has 2 fully saturated rings. The van der Waals surface area contributed by atoms with Crippen molar-refractivity contribution < 1.29 is 35.6 Å². The van der Waals surface area contributed by atoms with Crippen LogP contribution in [0.5, 0.6) is 0 Å². The van der Waals surface area contributed by atoms with Crippen LogP contribution in [0.4, 0.5) is 26.3 Å². The van der Waals surface area contributed by atoms with E-state index >= 15 is 0 Å². The molecule has 0 spiro atoms. The highest BCUT2D eigenvalue weighted by Crippen LogP contribution is 2.37. The SMILES string of the molecule is O=C(c1cc(C(F)(F)F)cc(C(F)(F)F)c1)N1CCCC(c2nnc(C3CCCCC3)o2)C1. The van der Waals surface area contributed by atoms with Crippen LogP contribution in [0.1, 0.15) is 90.0 Å². The maximum Gasteiger partial charge on any atom is 0.416 e. The van der Waals surface area contributed by atoms with E-state index in [2.05, 4.69) is 10.2 Å². The summed E-state index contributed by atoms with van der Waals surface area (Å²) in [5.74, 6) is -0.0927. The summed E-state index contributed by atoms with van der Waals surface area (Å²) in [4.78, 5) is 14.2. The first-order valence-corrected chi connectivity index (χ1v) is 10.9. The van der Waals surface area contributed by atoms with Crippen LogP contribution in [0.15, 0.2) is 22.6 Å². The number of alkyl halides is 6. The number of carbonyl (C=O) groups excluding carboxylic acids is 1. The van der Waals surface area contributed by atoms with Gasteiger partial charge in [-0.2, -0.15) is 26.3 Å². The average molecular weight is 475 g/mol. The molecule has 33 heavy (non-hydrogen) atoms. The van der Waals surface area contributed by atoms with Crippen LogP contribution in [-0.4, -0.2) is 34.1 Å². The fourth-order valence-corrected chi connectivity index (χ4v) is 4.55. The second kappa shape index (κ2) is 8.98. The molecular weight excluding hydrogens is 452 g/mol. The predicted octanol–water partition coefficient (Wildman–Crippen LogP) is 6.17. The quantitative estimate of drug-likeness (QED) is 0.498. The van der Waals surface area contributed by atoms with Crippen LogP contribution >= 0.6 is 0 Å². The van der Waals surface area contributed by atoms with Gasteiger partial charge in [0.2, 0.25) is 11.8 Å². The number of amides is 1. The monoisotopic (exact) mass is 475 g/mol. The van der Waals surface area contributed by atoms with Crippen molar-refractivity contribution in [1.29, 1.82) is 0 Å². The van der Waals surface area contributed by atoms with Crippen LogP contribution < -0.4 is 0 Å². The third kappa shape index (κ3) is 5.33. The van der Waals surface area contributed by atoms with Crippen LogP contribution in [0.3, 0.4) is 0 Å². The normalized spacial score (nSPS) is 20.8. The van der Waals surface area contributed by atoms with Gasteiger partial charge in [0.05, 0.1) is 17.0 Å². The third-order valence-electron chi connectivity index (χ3n) is 6.30. The first-order valence-electron chi connectivity index (χ1n) is 10.9. The molecule has 1 aliphatic heterocycles.